The van der Waals surface area contributed by atoms with Crippen LogP contribution in [0.4, 0.5) is 5.69 Å². The van der Waals surface area contributed by atoms with Crippen LogP contribution < -0.4 is 5.32 Å². The summed E-state index contributed by atoms with van der Waals surface area (Å²) in [5, 5.41) is 2.74. The van der Waals surface area contributed by atoms with Gasteiger partial charge < -0.3 is 10.1 Å². The van der Waals surface area contributed by atoms with E-state index in [1.54, 1.807) is 0 Å². The van der Waals surface area contributed by atoms with Crippen LogP contribution in [0.3, 0.4) is 0 Å². The summed E-state index contributed by atoms with van der Waals surface area (Å²) in [4.78, 5) is 22.5. The minimum atomic E-state index is -0.553. The standard InChI is InChI=1S/C14H17NO3/c1-10(2)11-6-4-5-7-12(11)15-13(16)8-9-14(17)18-3/h4-10H,1-3H3,(H,15,16)/b9-8+. The third kappa shape index (κ3) is 4.05. The van der Waals surface area contributed by atoms with Gasteiger partial charge in [-0.3, -0.25) is 4.79 Å². The first-order chi connectivity index (χ1) is 8.54. The van der Waals surface area contributed by atoms with Crippen LogP contribution in [0.1, 0.15) is 25.3 Å². The summed E-state index contributed by atoms with van der Waals surface area (Å²) < 4.78 is 4.41. The Hall–Kier alpha value is -2.10. The first-order valence-corrected chi connectivity index (χ1v) is 5.70. The van der Waals surface area contributed by atoms with Crippen molar-refractivity contribution in [3.63, 3.8) is 0 Å². The third-order valence-corrected chi connectivity index (χ3v) is 2.41. The number of carbonyl (C=O) groups excluding carboxylic acids is 2. The van der Waals surface area contributed by atoms with E-state index in [1.165, 1.54) is 7.11 Å². The highest BCUT2D eigenvalue weighted by Crippen LogP contribution is 2.23. The molecule has 4 heteroatoms. The second-order valence-corrected chi connectivity index (χ2v) is 4.09. The van der Waals surface area contributed by atoms with Crippen molar-refractivity contribution >= 4 is 17.6 Å². The van der Waals surface area contributed by atoms with Crippen molar-refractivity contribution in [1.82, 2.24) is 0 Å². The van der Waals surface area contributed by atoms with Crippen LogP contribution in [0.2, 0.25) is 0 Å². The molecule has 4 nitrogen and oxygen atoms in total. The van der Waals surface area contributed by atoms with Crippen molar-refractivity contribution < 1.29 is 14.3 Å². The molecular formula is C14H17NO3. The quantitative estimate of drug-likeness (QED) is 0.657. The molecule has 1 amide bonds. The van der Waals surface area contributed by atoms with Crippen LogP contribution in [-0.4, -0.2) is 19.0 Å². The zero-order valence-corrected chi connectivity index (χ0v) is 10.8. The molecule has 1 rings (SSSR count). The average molecular weight is 247 g/mol. The molecule has 0 bridgehead atoms. The van der Waals surface area contributed by atoms with Gasteiger partial charge in [0.15, 0.2) is 0 Å². The molecule has 0 atom stereocenters. The van der Waals surface area contributed by atoms with E-state index in [9.17, 15) is 9.59 Å². The van der Waals surface area contributed by atoms with Crippen LogP contribution >= 0.6 is 0 Å². The normalized spacial score (nSPS) is 10.7. The summed E-state index contributed by atoms with van der Waals surface area (Å²) in [5.41, 5.74) is 1.81. The number of amides is 1. The van der Waals surface area contributed by atoms with Gasteiger partial charge in [-0.15, -0.1) is 0 Å². The van der Waals surface area contributed by atoms with Crippen molar-refractivity contribution in [2.75, 3.05) is 12.4 Å². The first-order valence-electron chi connectivity index (χ1n) is 5.70. The largest absolute Gasteiger partial charge is 0.466 e. The third-order valence-electron chi connectivity index (χ3n) is 2.41. The molecule has 1 aromatic carbocycles. The van der Waals surface area contributed by atoms with E-state index in [2.05, 4.69) is 23.9 Å². The molecule has 0 aliphatic carbocycles. The van der Waals surface area contributed by atoms with Crippen LogP contribution in [0, 0.1) is 0 Å². The molecule has 0 heterocycles. The Kier molecular flexibility index (Phi) is 5.11. The lowest BCUT2D eigenvalue weighted by Gasteiger charge is -2.12. The number of para-hydroxylation sites is 1. The summed E-state index contributed by atoms with van der Waals surface area (Å²) >= 11 is 0. The van der Waals surface area contributed by atoms with Gasteiger partial charge >= 0.3 is 5.97 Å². The van der Waals surface area contributed by atoms with Crippen LogP contribution in [0.5, 0.6) is 0 Å². The molecule has 18 heavy (non-hydrogen) atoms. The molecule has 0 fully saturated rings. The summed E-state index contributed by atoms with van der Waals surface area (Å²) in [6, 6.07) is 7.57. The highest BCUT2D eigenvalue weighted by atomic mass is 16.5. The fraction of sp³-hybridized carbons (Fsp3) is 0.286. The Balaban J connectivity index is 2.76. The molecule has 96 valence electrons. The van der Waals surface area contributed by atoms with Crippen molar-refractivity contribution in [3.8, 4) is 0 Å². The lowest BCUT2D eigenvalue weighted by Crippen LogP contribution is -2.11. The van der Waals surface area contributed by atoms with Gasteiger partial charge in [0.05, 0.1) is 7.11 Å². The van der Waals surface area contributed by atoms with E-state index < -0.39 is 5.97 Å². The molecule has 0 saturated carbocycles. The predicted octanol–water partition coefficient (Wildman–Crippen LogP) is 2.48. The molecule has 0 aliphatic heterocycles. The molecule has 0 saturated heterocycles. The van der Waals surface area contributed by atoms with Crippen molar-refractivity contribution in [2.24, 2.45) is 0 Å². The number of hydrogen-bond acceptors (Lipinski definition) is 3. The zero-order valence-electron chi connectivity index (χ0n) is 10.8. The highest BCUT2D eigenvalue weighted by Gasteiger charge is 2.07. The highest BCUT2D eigenvalue weighted by molar-refractivity contribution is 6.02. The van der Waals surface area contributed by atoms with Gasteiger partial charge in [-0.05, 0) is 17.5 Å². The lowest BCUT2D eigenvalue weighted by atomic mass is 10.0. The number of benzene rings is 1. The van der Waals surface area contributed by atoms with E-state index in [1.807, 2.05) is 24.3 Å². The first kappa shape index (κ1) is 14.0. The van der Waals surface area contributed by atoms with Crippen molar-refractivity contribution in [1.29, 1.82) is 0 Å². The number of ether oxygens (including phenoxy) is 1. The minimum absolute atomic E-state index is 0.311. The summed E-state index contributed by atoms with van der Waals surface area (Å²) in [6.07, 6.45) is 2.25. The summed E-state index contributed by atoms with van der Waals surface area (Å²) in [6.45, 7) is 4.10. The van der Waals surface area contributed by atoms with Gasteiger partial charge in [-0.1, -0.05) is 32.0 Å². The number of methoxy groups -OCH3 is 1. The van der Waals surface area contributed by atoms with Crippen molar-refractivity contribution in [3.05, 3.63) is 42.0 Å². The van der Waals surface area contributed by atoms with Gasteiger partial charge in [0.25, 0.3) is 0 Å². The van der Waals surface area contributed by atoms with Gasteiger partial charge in [-0.25, -0.2) is 4.79 Å². The van der Waals surface area contributed by atoms with Gasteiger partial charge in [0.1, 0.15) is 0 Å². The smallest absolute Gasteiger partial charge is 0.330 e. The Morgan fingerprint density at radius 3 is 2.50 bits per heavy atom. The van der Waals surface area contributed by atoms with Crippen LogP contribution in [-0.2, 0) is 14.3 Å². The van der Waals surface area contributed by atoms with E-state index in [0.29, 0.717) is 5.92 Å². The number of carbonyl (C=O) groups is 2. The lowest BCUT2D eigenvalue weighted by molar-refractivity contribution is -0.135. The SMILES string of the molecule is COC(=O)/C=C/C(=O)Nc1ccccc1C(C)C. The average Bonchev–Trinajstić information content (AvgIpc) is 2.36. The fourth-order valence-electron chi connectivity index (χ4n) is 1.50. The second-order valence-electron chi connectivity index (χ2n) is 4.09. The fourth-order valence-corrected chi connectivity index (χ4v) is 1.50. The van der Waals surface area contributed by atoms with Gasteiger partial charge in [0.2, 0.25) is 5.91 Å². The maximum absolute atomic E-state index is 11.6. The number of rotatable bonds is 4. The van der Waals surface area contributed by atoms with E-state index >= 15 is 0 Å². The molecule has 0 aromatic heterocycles. The van der Waals surface area contributed by atoms with Crippen LogP contribution in [0.15, 0.2) is 36.4 Å². The Labute approximate surface area is 107 Å². The molecule has 0 unspecified atom stereocenters. The molecule has 0 aliphatic rings. The summed E-state index contributed by atoms with van der Waals surface area (Å²) in [5.74, 6) is -0.595. The Bertz CT molecular complexity index is 464. The number of hydrogen-bond donors (Lipinski definition) is 1. The topological polar surface area (TPSA) is 55.4 Å². The van der Waals surface area contributed by atoms with E-state index in [0.717, 1.165) is 23.4 Å². The minimum Gasteiger partial charge on any atom is -0.466 e. The van der Waals surface area contributed by atoms with Crippen molar-refractivity contribution in [2.45, 2.75) is 19.8 Å². The molecule has 1 N–H and O–H groups in total. The molecular weight excluding hydrogens is 230 g/mol. The maximum Gasteiger partial charge on any atom is 0.330 e. The predicted molar refractivity (Wildman–Crippen MR) is 70.3 cm³/mol. The zero-order chi connectivity index (χ0) is 13.5. The van der Waals surface area contributed by atoms with E-state index in [-0.39, 0.29) is 5.91 Å². The molecule has 1 aromatic rings. The number of anilines is 1. The Morgan fingerprint density at radius 2 is 1.89 bits per heavy atom. The van der Waals surface area contributed by atoms with Gasteiger partial charge in [-0.2, -0.15) is 0 Å². The van der Waals surface area contributed by atoms with Gasteiger partial charge in [0, 0.05) is 17.8 Å². The monoisotopic (exact) mass is 247 g/mol. The number of nitrogens with one attached hydrogen (secondary N) is 1. The Morgan fingerprint density at radius 1 is 1.22 bits per heavy atom. The number of esters is 1. The molecule has 0 spiro atoms. The summed E-state index contributed by atoms with van der Waals surface area (Å²) in [7, 11) is 1.26. The second kappa shape index (κ2) is 6.59. The maximum atomic E-state index is 11.6. The van der Waals surface area contributed by atoms with Crippen LogP contribution in [0.25, 0.3) is 0 Å². The van der Waals surface area contributed by atoms with E-state index in [4.69, 9.17) is 0 Å². The molecule has 0 radical (unpaired) electrons.